The second-order valence-electron chi connectivity index (χ2n) is 9.51. The number of aryl methyl sites for hydroxylation is 1. The molecule has 1 amide bonds. The van der Waals surface area contributed by atoms with Gasteiger partial charge in [-0.2, -0.15) is 18.3 Å². The van der Waals surface area contributed by atoms with E-state index in [0.717, 1.165) is 66.5 Å². The summed E-state index contributed by atoms with van der Waals surface area (Å²) in [5, 5.41) is 10.9. The van der Waals surface area contributed by atoms with Crippen LogP contribution in [0.3, 0.4) is 0 Å². The van der Waals surface area contributed by atoms with E-state index in [1.54, 1.807) is 7.05 Å². The molecule has 0 radical (unpaired) electrons. The number of piperazine rings is 1. The second kappa shape index (κ2) is 11.3. The van der Waals surface area contributed by atoms with E-state index in [1.807, 2.05) is 47.1 Å². The number of alkyl halides is 3. The predicted octanol–water partition coefficient (Wildman–Crippen LogP) is 5.31. The van der Waals surface area contributed by atoms with Crippen LogP contribution in [0.5, 0.6) is 0 Å². The van der Waals surface area contributed by atoms with Crippen molar-refractivity contribution in [2.24, 2.45) is 0 Å². The first-order valence-corrected chi connectivity index (χ1v) is 13.0. The molecule has 1 fully saturated rings. The van der Waals surface area contributed by atoms with Crippen LogP contribution in [0.4, 0.5) is 18.9 Å². The number of rotatable bonds is 7. The lowest BCUT2D eigenvalue weighted by atomic mass is 10.0. The van der Waals surface area contributed by atoms with E-state index in [1.165, 1.54) is 17.8 Å². The summed E-state index contributed by atoms with van der Waals surface area (Å²) < 4.78 is 40.6. The van der Waals surface area contributed by atoms with Crippen LogP contribution < -0.4 is 15.5 Å². The highest BCUT2D eigenvalue weighted by Gasteiger charge is 2.30. The Morgan fingerprint density at radius 3 is 2.03 bits per heavy atom. The lowest BCUT2D eigenvalue weighted by Crippen LogP contribution is -2.43. The van der Waals surface area contributed by atoms with Crippen molar-refractivity contribution in [2.75, 3.05) is 38.1 Å². The number of hydrogen-bond acceptors (Lipinski definition) is 4. The molecule has 2 heterocycles. The molecule has 5 rings (SSSR count). The highest BCUT2D eigenvalue weighted by molar-refractivity contribution is 5.76. The molecule has 1 aromatic heterocycles. The number of carbonyl (C=O) groups excluding carboxylic acids is 1. The number of benzene rings is 3. The molecule has 0 spiro atoms. The van der Waals surface area contributed by atoms with E-state index in [9.17, 15) is 18.0 Å². The molecular formula is C30H30F3N5O. The fourth-order valence-electron chi connectivity index (χ4n) is 4.74. The van der Waals surface area contributed by atoms with Gasteiger partial charge in [-0.3, -0.25) is 4.79 Å². The maximum atomic E-state index is 12.9. The fourth-order valence-corrected chi connectivity index (χ4v) is 4.74. The lowest BCUT2D eigenvalue weighted by Gasteiger charge is -2.29. The normalized spacial score (nSPS) is 13.9. The van der Waals surface area contributed by atoms with Crippen LogP contribution in [0, 0.1) is 0 Å². The lowest BCUT2D eigenvalue weighted by molar-refractivity contribution is -0.137. The van der Waals surface area contributed by atoms with Gasteiger partial charge in [0.2, 0.25) is 5.91 Å². The van der Waals surface area contributed by atoms with Crippen molar-refractivity contribution in [2.45, 2.75) is 19.0 Å². The highest BCUT2D eigenvalue weighted by Crippen LogP contribution is 2.32. The third kappa shape index (κ3) is 6.15. The average molecular weight is 534 g/mol. The molecule has 0 aliphatic carbocycles. The molecule has 1 saturated heterocycles. The van der Waals surface area contributed by atoms with Gasteiger partial charge in [0.15, 0.2) is 0 Å². The molecule has 0 bridgehead atoms. The van der Waals surface area contributed by atoms with Crippen molar-refractivity contribution in [1.82, 2.24) is 20.4 Å². The van der Waals surface area contributed by atoms with Crippen molar-refractivity contribution in [3.05, 3.63) is 90.1 Å². The van der Waals surface area contributed by atoms with Gasteiger partial charge in [-0.15, -0.1) is 0 Å². The van der Waals surface area contributed by atoms with Crippen LogP contribution in [-0.2, 0) is 17.4 Å². The quantitative estimate of drug-likeness (QED) is 0.338. The number of amides is 1. The molecular weight excluding hydrogens is 503 g/mol. The molecule has 3 aromatic carbocycles. The average Bonchev–Trinajstić information content (AvgIpc) is 3.40. The largest absolute Gasteiger partial charge is 0.416 e. The van der Waals surface area contributed by atoms with Gasteiger partial charge in [-0.05, 0) is 60.0 Å². The molecule has 1 aliphatic heterocycles. The third-order valence-corrected chi connectivity index (χ3v) is 6.97. The van der Waals surface area contributed by atoms with Crippen molar-refractivity contribution in [3.8, 4) is 28.1 Å². The van der Waals surface area contributed by atoms with Crippen molar-refractivity contribution < 1.29 is 18.0 Å². The standard InChI is InChI=1S/C30H30F3N5O/c1-34-29(39)15-14-27-20-28(36-38(27)26-12-10-25(11-13-26)37-18-16-35-17-19-37)23-4-2-21(3-5-23)22-6-8-24(9-7-22)30(31,32)33/h2-13,20,35H,14-19H2,1H3,(H,34,39). The fraction of sp³-hybridized carbons (Fsp3) is 0.267. The number of carbonyl (C=O) groups is 1. The predicted molar refractivity (Wildman–Crippen MR) is 147 cm³/mol. The van der Waals surface area contributed by atoms with Crippen LogP contribution in [-0.4, -0.2) is 48.9 Å². The molecule has 4 aromatic rings. The number of hydrogen-bond donors (Lipinski definition) is 2. The summed E-state index contributed by atoms with van der Waals surface area (Å²) in [6.07, 6.45) is -3.49. The van der Waals surface area contributed by atoms with Crippen molar-refractivity contribution in [1.29, 1.82) is 0 Å². The Morgan fingerprint density at radius 2 is 1.44 bits per heavy atom. The maximum Gasteiger partial charge on any atom is 0.416 e. The van der Waals surface area contributed by atoms with Crippen LogP contribution in [0.1, 0.15) is 17.7 Å². The zero-order valence-electron chi connectivity index (χ0n) is 21.6. The monoisotopic (exact) mass is 533 g/mol. The SMILES string of the molecule is CNC(=O)CCc1cc(-c2ccc(-c3ccc(C(F)(F)F)cc3)cc2)nn1-c1ccc(N2CCNCC2)cc1. The van der Waals surface area contributed by atoms with E-state index in [2.05, 4.69) is 27.7 Å². The topological polar surface area (TPSA) is 62.2 Å². The van der Waals surface area contributed by atoms with E-state index in [4.69, 9.17) is 5.10 Å². The maximum absolute atomic E-state index is 12.9. The smallest absolute Gasteiger partial charge is 0.369 e. The first kappa shape index (κ1) is 26.5. The summed E-state index contributed by atoms with van der Waals surface area (Å²) in [6, 6.07) is 23.0. The Kier molecular flexibility index (Phi) is 7.70. The summed E-state index contributed by atoms with van der Waals surface area (Å²) >= 11 is 0. The van der Waals surface area contributed by atoms with E-state index < -0.39 is 11.7 Å². The molecule has 0 saturated carbocycles. The van der Waals surface area contributed by atoms with Crippen molar-refractivity contribution >= 4 is 11.6 Å². The Balaban J connectivity index is 1.41. The highest BCUT2D eigenvalue weighted by atomic mass is 19.4. The summed E-state index contributed by atoms with van der Waals surface area (Å²) in [6.45, 7) is 3.85. The molecule has 39 heavy (non-hydrogen) atoms. The van der Waals surface area contributed by atoms with Gasteiger partial charge in [0, 0.05) is 56.6 Å². The summed E-state index contributed by atoms with van der Waals surface area (Å²) in [4.78, 5) is 14.3. The van der Waals surface area contributed by atoms with Crippen LogP contribution in [0.15, 0.2) is 78.9 Å². The van der Waals surface area contributed by atoms with E-state index >= 15 is 0 Å². The first-order valence-electron chi connectivity index (χ1n) is 13.0. The van der Waals surface area contributed by atoms with Crippen LogP contribution in [0.25, 0.3) is 28.1 Å². The summed E-state index contributed by atoms with van der Waals surface area (Å²) in [5.41, 5.74) is 5.47. The summed E-state index contributed by atoms with van der Waals surface area (Å²) in [5.74, 6) is -0.0424. The molecule has 1 aliphatic rings. The number of anilines is 1. The minimum absolute atomic E-state index is 0.0424. The van der Waals surface area contributed by atoms with Gasteiger partial charge < -0.3 is 15.5 Å². The Bertz CT molecular complexity index is 1410. The molecule has 6 nitrogen and oxygen atoms in total. The second-order valence-corrected chi connectivity index (χ2v) is 9.51. The van der Waals surface area contributed by atoms with Gasteiger partial charge in [-0.25, -0.2) is 4.68 Å². The molecule has 2 N–H and O–H groups in total. The minimum atomic E-state index is -4.36. The van der Waals surface area contributed by atoms with Gasteiger partial charge in [0.25, 0.3) is 0 Å². The number of halogens is 3. The zero-order chi connectivity index (χ0) is 27.4. The number of aromatic nitrogens is 2. The van der Waals surface area contributed by atoms with Gasteiger partial charge in [0.1, 0.15) is 0 Å². The Hall–Kier alpha value is -4.11. The van der Waals surface area contributed by atoms with Gasteiger partial charge >= 0.3 is 6.18 Å². The van der Waals surface area contributed by atoms with E-state index in [-0.39, 0.29) is 5.91 Å². The first-order chi connectivity index (χ1) is 18.8. The van der Waals surface area contributed by atoms with Gasteiger partial charge in [0.05, 0.1) is 16.9 Å². The summed E-state index contributed by atoms with van der Waals surface area (Å²) in [7, 11) is 1.62. The zero-order valence-corrected chi connectivity index (χ0v) is 21.6. The van der Waals surface area contributed by atoms with Crippen LogP contribution in [0.2, 0.25) is 0 Å². The molecule has 9 heteroatoms. The molecule has 0 atom stereocenters. The van der Waals surface area contributed by atoms with Crippen molar-refractivity contribution in [3.63, 3.8) is 0 Å². The number of nitrogens with zero attached hydrogens (tertiary/aromatic N) is 3. The third-order valence-electron chi connectivity index (χ3n) is 6.97. The van der Waals surface area contributed by atoms with Gasteiger partial charge in [-0.1, -0.05) is 36.4 Å². The van der Waals surface area contributed by atoms with Crippen LogP contribution >= 0.6 is 0 Å². The van der Waals surface area contributed by atoms with E-state index in [0.29, 0.717) is 18.4 Å². The molecule has 202 valence electrons. The Labute approximate surface area is 225 Å². The molecule has 0 unspecified atom stereocenters. The minimum Gasteiger partial charge on any atom is -0.369 e. The number of nitrogens with one attached hydrogen (secondary N) is 2. The Morgan fingerprint density at radius 1 is 0.872 bits per heavy atom.